The average molecular weight is 290 g/mol. The van der Waals surface area contributed by atoms with Gasteiger partial charge in [-0.2, -0.15) is 0 Å². The van der Waals surface area contributed by atoms with Gasteiger partial charge in [-0.25, -0.2) is 0 Å². The standard InChI is InChI=1S/C15H14S3/c1-7-4-10-11-5-8(2)17-14(11)15-12(13(10)16-7)6-9(3)18-15/h4-5,9H,6H2,1-3H3. The molecule has 18 heavy (non-hydrogen) atoms. The summed E-state index contributed by atoms with van der Waals surface area (Å²) in [6, 6.07) is 4.75. The van der Waals surface area contributed by atoms with E-state index >= 15 is 0 Å². The summed E-state index contributed by atoms with van der Waals surface area (Å²) in [5.41, 5.74) is 1.62. The van der Waals surface area contributed by atoms with Gasteiger partial charge in [-0.3, -0.25) is 0 Å². The van der Waals surface area contributed by atoms with Crippen LogP contribution in [0.25, 0.3) is 20.2 Å². The van der Waals surface area contributed by atoms with E-state index in [2.05, 4.69) is 44.7 Å². The van der Waals surface area contributed by atoms with Gasteiger partial charge >= 0.3 is 0 Å². The van der Waals surface area contributed by atoms with E-state index in [0.29, 0.717) is 0 Å². The summed E-state index contributed by atoms with van der Waals surface area (Å²) in [6.45, 7) is 6.81. The number of hydrogen-bond acceptors (Lipinski definition) is 3. The van der Waals surface area contributed by atoms with Crippen molar-refractivity contribution in [1.29, 1.82) is 0 Å². The zero-order valence-electron chi connectivity index (χ0n) is 10.7. The maximum atomic E-state index is 2.38. The number of fused-ring (bicyclic) bond motifs is 6. The molecule has 3 heterocycles. The molecule has 1 atom stereocenters. The van der Waals surface area contributed by atoms with E-state index in [1.807, 2.05) is 22.7 Å². The highest BCUT2D eigenvalue weighted by Crippen LogP contribution is 2.50. The molecule has 1 aliphatic heterocycles. The fourth-order valence-corrected chi connectivity index (χ4v) is 6.51. The highest BCUT2D eigenvalue weighted by molar-refractivity contribution is 8.00. The Labute approximate surface area is 119 Å². The van der Waals surface area contributed by atoms with Crippen LogP contribution in [0.5, 0.6) is 0 Å². The number of hydrogen-bond donors (Lipinski definition) is 0. The second-order valence-corrected chi connectivity index (χ2v) is 9.10. The lowest BCUT2D eigenvalue weighted by atomic mass is 10.1. The molecule has 0 spiro atoms. The fraction of sp³-hybridized carbons (Fsp3) is 0.333. The predicted molar refractivity (Wildman–Crippen MR) is 85.7 cm³/mol. The first-order valence-electron chi connectivity index (χ1n) is 6.25. The van der Waals surface area contributed by atoms with Gasteiger partial charge in [0.1, 0.15) is 0 Å². The molecule has 1 unspecified atom stereocenters. The molecule has 0 N–H and O–H groups in total. The van der Waals surface area contributed by atoms with Crippen molar-refractivity contribution in [3.8, 4) is 0 Å². The third-order valence-electron chi connectivity index (χ3n) is 3.57. The molecule has 0 aliphatic carbocycles. The van der Waals surface area contributed by atoms with Gasteiger partial charge in [0, 0.05) is 40.1 Å². The van der Waals surface area contributed by atoms with Crippen molar-refractivity contribution in [3.63, 3.8) is 0 Å². The minimum Gasteiger partial charge on any atom is -0.140 e. The number of thioether (sulfide) groups is 1. The van der Waals surface area contributed by atoms with E-state index in [-0.39, 0.29) is 0 Å². The Morgan fingerprint density at radius 3 is 2.33 bits per heavy atom. The lowest BCUT2D eigenvalue weighted by Gasteiger charge is -2.02. The summed E-state index contributed by atoms with van der Waals surface area (Å²) in [5, 5.41) is 3.71. The van der Waals surface area contributed by atoms with Gasteiger partial charge in [0.15, 0.2) is 0 Å². The topological polar surface area (TPSA) is 0 Å². The van der Waals surface area contributed by atoms with Gasteiger partial charge in [-0.05, 0) is 38.0 Å². The quantitative estimate of drug-likeness (QED) is 0.506. The first kappa shape index (κ1) is 11.3. The van der Waals surface area contributed by atoms with Crippen LogP contribution >= 0.6 is 34.4 Å². The van der Waals surface area contributed by atoms with Crippen LogP contribution < -0.4 is 0 Å². The summed E-state index contributed by atoms with van der Waals surface area (Å²) in [6.07, 6.45) is 1.24. The van der Waals surface area contributed by atoms with E-state index < -0.39 is 0 Å². The van der Waals surface area contributed by atoms with Gasteiger partial charge in [0.2, 0.25) is 0 Å². The Kier molecular flexibility index (Phi) is 2.36. The van der Waals surface area contributed by atoms with Crippen molar-refractivity contribution in [3.05, 3.63) is 27.5 Å². The molecule has 1 aromatic carbocycles. The lowest BCUT2D eigenvalue weighted by Crippen LogP contribution is -1.91. The predicted octanol–water partition coefficient (Wildman–Crippen LogP) is 5.77. The van der Waals surface area contributed by atoms with Gasteiger partial charge in [0.05, 0.1) is 0 Å². The van der Waals surface area contributed by atoms with Crippen molar-refractivity contribution in [2.24, 2.45) is 0 Å². The zero-order valence-corrected chi connectivity index (χ0v) is 13.1. The minimum absolute atomic E-state index is 0.735. The highest BCUT2D eigenvalue weighted by atomic mass is 32.2. The molecule has 92 valence electrons. The molecule has 0 nitrogen and oxygen atoms in total. The maximum absolute atomic E-state index is 2.38. The molecule has 0 radical (unpaired) electrons. The van der Waals surface area contributed by atoms with Crippen molar-refractivity contribution in [1.82, 2.24) is 0 Å². The van der Waals surface area contributed by atoms with Crippen LogP contribution in [0.4, 0.5) is 0 Å². The molecular formula is C15H14S3. The molecule has 0 saturated carbocycles. The molecule has 0 fully saturated rings. The second kappa shape index (κ2) is 3.75. The SMILES string of the molecule is Cc1cc2c(s1)c1c(c3sc(C)cc32)SC(C)C1. The van der Waals surface area contributed by atoms with Crippen LogP contribution in [0.2, 0.25) is 0 Å². The van der Waals surface area contributed by atoms with Crippen molar-refractivity contribution < 1.29 is 0 Å². The summed E-state index contributed by atoms with van der Waals surface area (Å²) in [4.78, 5) is 4.45. The minimum atomic E-state index is 0.735. The van der Waals surface area contributed by atoms with Crippen LogP contribution in [-0.2, 0) is 6.42 Å². The third kappa shape index (κ3) is 1.44. The van der Waals surface area contributed by atoms with Gasteiger partial charge in [-0.15, -0.1) is 34.4 Å². The Bertz CT molecular complexity index is 711. The normalized spacial score (nSPS) is 18.9. The van der Waals surface area contributed by atoms with E-state index in [4.69, 9.17) is 0 Å². The third-order valence-corrected chi connectivity index (χ3v) is 7.13. The molecule has 0 amide bonds. The Morgan fingerprint density at radius 2 is 1.61 bits per heavy atom. The van der Waals surface area contributed by atoms with Crippen LogP contribution in [0, 0.1) is 13.8 Å². The molecular weight excluding hydrogens is 276 g/mol. The molecule has 4 rings (SSSR count). The fourth-order valence-electron chi connectivity index (χ4n) is 2.90. The Hall–Kier alpha value is -0.510. The largest absolute Gasteiger partial charge is 0.140 e. The van der Waals surface area contributed by atoms with E-state index in [0.717, 1.165) is 5.25 Å². The second-order valence-electron chi connectivity index (χ2n) is 5.14. The zero-order chi connectivity index (χ0) is 12.4. The van der Waals surface area contributed by atoms with Crippen molar-refractivity contribution in [2.75, 3.05) is 0 Å². The number of rotatable bonds is 0. The summed E-state index contributed by atoms with van der Waals surface area (Å²) in [7, 11) is 0. The smallest absolute Gasteiger partial charge is 0.0491 e. The first-order chi connectivity index (χ1) is 8.63. The molecule has 1 aliphatic rings. The van der Waals surface area contributed by atoms with Crippen LogP contribution in [0.15, 0.2) is 17.0 Å². The summed E-state index contributed by atoms with van der Waals surface area (Å²) in [5.74, 6) is 0. The molecule has 3 heteroatoms. The molecule has 0 bridgehead atoms. The van der Waals surface area contributed by atoms with E-state index in [1.165, 1.54) is 31.6 Å². The molecule has 2 aromatic heterocycles. The maximum Gasteiger partial charge on any atom is 0.0491 e. The number of thiophene rings is 2. The lowest BCUT2D eigenvalue weighted by molar-refractivity contribution is 0.973. The number of benzene rings is 1. The van der Waals surface area contributed by atoms with Crippen LogP contribution in [-0.4, -0.2) is 5.25 Å². The van der Waals surface area contributed by atoms with Gasteiger partial charge < -0.3 is 0 Å². The van der Waals surface area contributed by atoms with Gasteiger partial charge in [0.25, 0.3) is 0 Å². The Balaban J connectivity index is 2.26. The van der Waals surface area contributed by atoms with E-state index in [9.17, 15) is 0 Å². The van der Waals surface area contributed by atoms with Crippen molar-refractivity contribution >= 4 is 54.6 Å². The first-order valence-corrected chi connectivity index (χ1v) is 8.76. The van der Waals surface area contributed by atoms with Crippen molar-refractivity contribution in [2.45, 2.75) is 37.3 Å². The summed E-state index contributed by atoms with van der Waals surface area (Å²) >= 11 is 6.02. The Morgan fingerprint density at radius 1 is 1.00 bits per heavy atom. The van der Waals surface area contributed by atoms with Crippen LogP contribution in [0.3, 0.4) is 0 Å². The average Bonchev–Trinajstić information content (AvgIpc) is 2.93. The summed E-state index contributed by atoms with van der Waals surface area (Å²) < 4.78 is 3.08. The van der Waals surface area contributed by atoms with Crippen LogP contribution in [0.1, 0.15) is 22.2 Å². The molecule has 0 saturated heterocycles. The highest BCUT2D eigenvalue weighted by Gasteiger charge is 2.26. The van der Waals surface area contributed by atoms with Gasteiger partial charge in [-0.1, -0.05) is 6.92 Å². The monoisotopic (exact) mass is 290 g/mol. The molecule has 3 aromatic rings. The number of aryl methyl sites for hydroxylation is 2. The van der Waals surface area contributed by atoms with E-state index in [1.54, 1.807) is 15.2 Å².